The zero-order valence-corrected chi connectivity index (χ0v) is 13.4. The van der Waals surface area contributed by atoms with E-state index in [-0.39, 0.29) is 0 Å². The number of nitrogens with one attached hydrogen (secondary N) is 1. The van der Waals surface area contributed by atoms with E-state index in [1.807, 2.05) is 11.3 Å². The second-order valence-corrected chi connectivity index (χ2v) is 6.88. The Kier molecular flexibility index (Phi) is 4.81. The van der Waals surface area contributed by atoms with Crippen molar-refractivity contribution in [2.24, 2.45) is 0 Å². The van der Waals surface area contributed by atoms with Crippen LogP contribution in [0.15, 0.2) is 36.4 Å². The van der Waals surface area contributed by atoms with Gasteiger partial charge in [-0.15, -0.1) is 11.3 Å². The quantitative estimate of drug-likeness (QED) is 0.787. The molecule has 1 aromatic heterocycles. The second kappa shape index (κ2) is 6.99. The zero-order chi connectivity index (χ0) is 14.5. The van der Waals surface area contributed by atoms with Crippen LogP contribution in [0.4, 0.5) is 5.69 Å². The number of thiophene rings is 1. The van der Waals surface area contributed by atoms with Crippen molar-refractivity contribution in [3.8, 4) is 5.75 Å². The lowest BCUT2D eigenvalue weighted by atomic mass is 10.2. The Morgan fingerprint density at radius 1 is 1.05 bits per heavy atom. The molecular weight excluding hydrogens is 278 g/mol. The van der Waals surface area contributed by atoms with Crippen LogP contribution in [-0.2, 0) is 13.0 Å². The third-order valence-electron chi connectivity index (χ3n) is 3.99. The van der Waals surface area contributed by atoms with Gasteiger partial charge in [-0.2, -0.15) is 0 Å². The van der Waals surface area contributed by atoms with E-state index < -0.39 is 0 Å². The van der Waals surface area contributed by atoms with E-state index in [0.29, 0.717) is 6.10 Å². The number of ether oxygens (including phenoxy) is 1. The number of hydrogen-bond acceptors (Lipinski definition) is 3. The fraction of sp³-hybridized carbons (Fsp3) is 0.444. The molecule has 2 aromatic rings. The zero-order valence-electron chi connectivity index (χ0n) is 12.6. The van der Waals surface area contributed by atoms with Crippen LogP contribution in [0.25, 0.3) is 0 Å². The molecule has 0 bridgehead atoms. The normalized spacial score (nSPS) is 15.3. The third kappa shape index (κ3) is 4.01. The molecule has 1 saturated carbocycles. The summed E-state index contributed by atoms with van der Waals surface area (Å²) in [4.78, 5) is 2.84. The van der Waals surface area contributed by atoms with Crippen LogP contribution in [0, 0.1) is 0 Å². The summed E-state index contributed by atoms with van der Waals surface area (Å²) in [7, 11) is 0. The van der Waals surface area contributed by atoms with E-state index in [0.717, 1.165) is 24.4 Å². The molecular formula is C18H23NOS. The van der Waals surface area contributed by atoms with Gasteiger partial charge in [0.1, 0.15) is 5.75 Å². The van der Waals surface area contributed by atoms with Gasteiger partial charge in [-0.05, 0) is 68.5 Å². The first kappa shape index (κ1) is 14.5. The van der Waals surface area contributed by atoms with Gasteiger partial charge in [0.15, 0.2) is 0 Å². The lowest BCUT2D eigenvalue weighted by molar-refractivity contribution is 0.210. The third-order valence-corrected chi connectivity index (χ3v) is 5.22. The maximum absolute atomic E-state index is 5.99. The van der Waals surface area contributed by atoms with E-state index in [1.54, 1.807) is 0 Å². The van der Waals surface area contributed by atoms with Gasteiger partial charge in [0.05, 0.1) is 6.10 Å². The molecule has 2 nitrogen and oxygen atoms in total. The van der Waals surface area contributed by atoms with Crippen LogP contribution in [0.1, 0.15) is 42.4 Å². The topological polar surface area (TPSA) is 21.3 Å². The Hall–Kier alpha value is -1.48. The second-order valence-electron chi connectivity index (χ2n) is 5.62. The average Bonchev–Trinajstić information content (AvgIpc) is 3.18. The highest BCUT2D eigenvalue weighted by Gasteiger charge is 2.16. The fourth-order valence-corrected chi connectivity index (χ4v) is 3.64. The van der Waals surface area contributed by atoms with Crippen molar-refractivity contribution >= 4 is 17.0 Å². The summed E-state index contributed by atoms with van der Waals surface area (Å²) in [6.07, 6.45) is 6.59. The minimum atomic E-state index is 0.433. The van der Waals surface area contributed by atoms with E-state index >= 15 is 0 Å². The smallest absolute Gasteiger partial charge is 0.119 e. The Labute approximate surface area is 131 Å². The molecule has 1 heterocycles. The fourth-order valence-electron chi connectivity index (χ4n) is 2.75. The molecule has 112 valence electrons. The van der Waals surface area contributed by atoms with Gasteiger partial charge in [0.25, 0.3) is 0 Å². The van der Waals surface area contributed by atoms with Crippen molar-refractivity contribution < 1.29 is 4.74 Å². The van der Waals surface area contributed by atoms with Crippen molar-refractivity contribution in [2.45, 2.75) is 51.7 Å². The largest absolute Gasteiger partial charge is 0.490 e. The Morgan fingerprint density at radius 3 is 2.43 bits per heavy atom. The summed E-state index contributed by atoms with van der Waals surface area (Å²) in [6, 6.07) is 12.8. The molecule has 1 fully saturated rings. The summed E-state index contributed by atoms with van der Waals surface area (Å²) in [5.74, 6) is 0.997. The lowest BCUT2D eigenvalue weighted by Gasteiger charge is -2.13. The number of aryl methyl sites for hydroxylation is 1. The van der Waals surface area contributed by atoms with Gasteiger partial charge < -0.3 is 10.1 Å². The van der Waals surface area contributed by atoms with Crippen molar-refractivity contribution in [3.63, 3.8) is 0 Å². The van der Waals surface area contributed by atoms with Gasteiger partial charge in [-0.25, -0.2) is 0 Å². The van der Waals surface area contributed by atoms with Crippen molar-refractivity contribution in [2.75, 3.05) is 5.32 Å². The van der Waals surface area contributed by atoms with Crippen LogP contribution in [0.2, 0.25) is 0 Å². The number of hydrogen-bond donors (Lipinski definition) is 1. The van der Waals surface area contributed by atoms with Crippen LogP contribution in [0.3, 0.4) is 0 Å². The molecule has 1 aromatic carbocycles. The van der Waals surface area contributed by atoms with Gasteiger partial charge >= 0.3 is 0 Å². The standard InChI is InChI=1S/C18H23NOS/c1-2-17-11-12-18(21-17)13-19-14-7-9-16(10-8-14)20-15-5-3-4-6-15/h7-12,15,19H,2-6,13H2,1H3. The van der Waals surface area contributed by atoms with E-state index in [4.69, 9.17) is 4.74 Å². The Bertz CT molecular complexity index is 555. The first-order chi connectivity index (χ1) is 10.3. The SMILES string of the molecule is CCc1ccc(CNc2ccc(OC3CCCC3)cc2)s1. The summed E-state index contributed by atoms with van der Waals surface area (Å²) in [6.45, 7) is 3.10. The predicted octanol–water partition coefficient (Wildman–Crippen LogP) is 5.24. The van der Waals surface area contributed by atoms with E-state index in [1.165, 1.54) is 35.4 Å². The highest BCUT2D eigenvalue weighted by Crippen LogP contribution is 2.25. The molecule has 1 aliphatic carbocycles. The summed E-state index contributed by atoms with van der Waals surface area (Å²) in [5.41, 5.74) is 1.15. The molecule has 0 unspecified atom stereocenters. The van der Waals surface area contributed by atoms with Crippen molar-refractivity contribution in [1.82, 2.24) is 0 Å². The molecule has 1 N–H and O–H groups in total. The van der Waals surface area contributed by atoms with Gasteiger partial charge in [-0.3, -0.25) is 0 Å². The molecule has 3 rings (SSSR count). The summed E-state index contributed by atoms with van der Waals surface area (Å²) in [5, 5.41) is 3.47. The minimum absolute atomic E-state index is 0.433. The van der Waals surface area contributed by atoms with E-state index in [9.17, 15) is 0 Å². The molecule has 0 amide bonds. The molecule has 0 saturated heterocycles. The number of anilines is 1. The summed E-state index contributed by atoms with van der Waals surface area (Å²) >= 11 is 1.89. The Balaban J connectivity index is 1.51. The molecule has 0 spiro atoms. The lowest BCUT2D eigenvalue weighted by Crippen LogP contribution is -2.10. The van der Waals surface area contributed by atoms with Gasteiger partial charge in [0, 0.05) is 22.0 Å². The molecule has 0 radical (unpaired) electrons. The van der Waals surface area contributed by atoms with Gasteiger partial charge in [-0.1, -0.05) is 6.92 Å². The summed E-state index contributed by atoms with van der Waals surface area (Å²) < 4.78 is 5.99. The minimum Gasteiger partial charge on any atom is -0.490 e. The van der Waals surface area contributed by atoms with Crippen LogP contribution < -0.4 is 10.1 Å². The first-order valence-electron chi connectivity index (χ1n) is 7.91. The molecule has 0 atom stereocenters. The average molecular weight is 301 g/mol. The maximum atomic E-state index is 5.99. The Morgan fingerprint density at radius 2 is 1.76 bits per heavy atom. The molecule has 1 aliphatic rings. The van der Waals surface area contributed by atoms with Crippen LogP contribution >= 0.6 is 11.3 Å². The number of rotatable bonds is 6. The maximum Gasteiger partial charge on any atom is 0.119 e. The predicted molar refractivity (Wildman–Crippen MR) is 90.3 cm³/mol. The molecule has 0 aliphatic heterocycles. The molecule has 21 heavy (non-hydrogen) atoms. The van der Waals surface area contributed by atoms with Crippen LogP contribution in [-0.4, -0.2) is 6.10 Å². The van der Waals surface area contributed by atoms with Crippen molar-refractivity contribution in [3.05, 3.63) is 46.2 Å². The van der Waals surface area contributed by atoms with Gasteiger partial charge in [0.2, 0.25) is 0 Å². The highest BCUT2D eigenvalue weighted by atomic mass is 32.1. The van der Waals surface area contributed by atoms with Crippen molar-refractivity contribution in [1.29, 1.82) is 0 Å². The van der Waals surface area contributed by atoms with Crippen LogP contribution in [0.5, 0.6) is 5.75 Å². The molecule has 3 heteroatoms. The van der Waals surface area contributed by atoms with E-state index in [2.05, 4.69) is 48.6 Å². The highest BCUT2D eigenvalue weighted by molar-refractivity contribution is 7.12. The number of benzene rings is 1. The first-order valence-corrected chi connectivity index (χ1v) is 8.73. The monoisotopic (exact) mass is 301 g/mol.